The van der Waals surface area contributed by atoms with Crippen LogP contribution < -0.4 is 22.2 Å². The summed E-state index contributed by atoms with van der Waals surface area (Å²) in [7, 11) is 4.46. The molecule has 32 heavy (non-hydrogen) atoms. The molecule has 0 aliphatic rings. The van der Waals surface area contributed by atoms with Crippen molar-refractivity contribution >= 4 is 35.5 Å². The third-order valence-corrected chi connectivity index (χ3v) is 5.25. The number of hydrogen-bond donors (Lipinski definition) is 3. The van der Waals surface area contributed by atoms with Gasteiger partial charge in [-0.3, -0.25) is 28.3 Å². The van der Waals surface area contributed by atoms with Crippen molar-refractivity contribution in [1.82, 2.24) is 28.2 Å². The van der Waals surface area contributed by atoms with E-state index in [0.717, 1.165) is 10.8 Å². The average molecular weight is 454 g/mol. The van der Waals surface area contributed by atoms with Crippen molar-refractivity contribution < 1.29 is 5.11 Å². The molecule has 0 unspecified atom stereocenters. The lowest BCUT2D eigenvalue weighted by Crippen LogP contribution is -2.37. The molecule has 0 atom stereocenters. The first kappa shape index (κ1) is 21.0. The van der Waals surface area contributed by atoms with Crippen LogP contribution in [0.25, 0.3) is 16.9 Å². The smallest absolute Gasteiger partial charge is 0.332 e. The molecule has 0 aliphatic heterocycles. The van der Waals surface area contributed by atoms with Crippen molar-refractivity contribution in [2.24, 2.45) is 26.2 Å². The van der Waals surface area contributed by atoms with E-state index in [1.807, 2.05) is 6.07 Å². The number of H-pyrrole nitrogens is 1. The summed E-state index contributed by atoms with van der Waals surface area (Å²) in [5.74, 6) is -0.238. The summed E-state index contributed by atoms with van der Waals surface area (Å²) in [4.78, 5) is 43.7. The number of nitrogens with one attached hydrogen (secondary N) is 2. The van der Waals surface area contributed by atoms with E-state index in [9.17, 15) is 19.5 Å². The minimum absolute atomic E-state index is 0.0240. The van der Waals surface area contributed by atoms with Crippen LogP contribution in [0.3, 0.4) is 0 Å². The molecule has 0 radical (unpaired) electrons. The van der Waals surface area contributed by atoms with Crippen LogP contribution in [0.4, 0.5) is 5.95 Å². The van der Waals surface area contributed by atoms with Gasteiger partial charge < -0.3 is 9.67 Å². The number of fused-ring (bicyclic) bond motifs is 1. The molecule has 164 valence electrons. The summed E-state index contributed by atoms with van der Waals surface area (Å²) in [5, 5.41) is 14.6. The Hall–Kier alpha value is -4.26. The summed E-state index contributed by atoms with van der Waals surface area (Å²) >= 11 is 5.17. The Morgan fingerprint density at radius 3 is 2.47 bits per heavy atom. The van der Waals surface area contributed by atoms with E-state index in [4.69, 9.17) is 12.2 Å². The molecule has 0 saturated heterocycles. The number of aromatic hydroxyl groups is 1. The van der Waals surface area contributed by atoms with Crippen LogP contribution in [0, 0.1) is 4.77 Å². The average Bonchev–Trinajstić information content (AvgIpc) is 3.10. The Morgan fingerprint density at radius 1 is 1.09 bits per heavy atom. The van der Waals surface area contributed by atoms with Gasteiger partial charge in [0.15, 0.2) is 15.9 Å². The lowest BCUT2D eigenvalue weighted by atomic mass is 10.3. The number of anilines is 1. The van der Waals surface area contributed by atoms with Crippen molar-refractivity contribution in [2.45, 2.75) is 0 Å². The van der Waals surface area contributed by atoms with Gasteiger partial charge in [0, 0.05) is 21.1 Å². The van der Waals surface area contributed by atoms with Crippen molar-refractivity contribution in [2.75, 3.05) is 5.43 Å². The molecular formula is C19H18N8O4S. The number of hydrazone groups is 1. The Kier molecular flexibility index (Phi) is 5.10. The van der Waals surface area contributed by atoms with Gasteiger partial charge in [0.05, 0.1) is 11.9 Å². The quantitative estimate of drug-likeness (QED) is 0.229. The number of imidazole rings is 1. The van der Waals surface area contributed by atoms with Gasteiger partial charge in [-0.05, 0) is 24.4 Å². The Morgan fingerprint density at radius 2 is 1.78 bits per heavy atom. The van der Waals surface area contributed by atoms with Gasteiger partial charge in [-0.25, -0.2) is 10.2 Å². The molecular weight excluding hydrogens is 436 g/mol. The molecule has 4 aromatic rings. The van der Waals surface area contributed by atoms with E-state index in [1.54, 1.807) is 31.3 Å². The molecule has 0 bridgehead atoms. The maximum atomic E-state index is 12.5. The molecule has 0 fully saturated rings. The van der Waals surface area contributed by atoms with Crippen LogP contribution in [0.15, 0.2) is 49.8 Å². The zero-order chi connectivity index (χ0) is 23.2. The maximum Gasteiger partial charge on any atom is 0.332 e. The normalized spacial score (nSPS) is 11.5. The lowest BCUT2D eigenvalue weighted by Gasteiger charge is -2.10. The minimum Gasteiger partial charge on any atom is -0.494 e. The predicted molar refractivity (Wildman–Crippen MR) is 121 cm³/mol. The fraction of sp³-hybridized carbons (Fsp3) is 0.158. The zero-order valence-corrected chi connectivity index (χ0v) is 18.0. The highest BCUT2D eigenvalue weighted by Gasteiger charge is 2.17. The predicted octanol–water partition coefficient (Wildman–Crippen LogP) is 0.331. The van der Waals surface area contributed by atoms with Crippen LogP contribution in [0.2, 0.25) is 0 Å². The highest BCUT2D eigenvalue weighted by atomic mass is 32.1. The maximum absolute atomic E-state index is 12.5. The fourth-order valence-electron chi connectivity index (χ4n) is 3.24. The van der Waals surface area contributed by atoms with Crippen LogP contribution in [-0.2, 0) is 21.1 Å². The standard InChI is InChI=1S/C19H18N8O4S/c1-24-12-13(25(2)19(31)26(3)16(12)30)21-17(24)23-20-9-11-14(28)22-18(32)27(15(11)29)10-7-5-4-6-8-10/h4-9,29H,1-3H3,(H,21,23)(H,22,28,32)/b20-9+. The van der Waals surface area contributed by atoms with Crippen LogP contribution in [-0.4, -0.2) is 39.6 Å². The Labute approximate surface area is 184 Å². The molecule has 12 nitrogen and oxygen atoms in total. The van der Waals surface area contributed by atoms with Crippen molar-refractivity contribution in [1.29, 1.82) is 0 Å². The van der Waals surface area contributed by atoms with Crippen molar-refractivity contribution in [3.8, 4) is 11.6 Å². The molecule has 13 heteroatoms. The monoisotopic (exact) mass is 454 g/mol. The number of hydrogen-bond acceptors (Lipinski definition) is 8. The van der Waals surface area contributed by atoms with E-state index in [0.29, 0.717) is 5.69 Å². The largest absolute Gasteiger partial charge is 0.494 e. The van der Waals surface area contributed by atoms with Gasteiger partial charge in [-0.1, -0.05) is 18.2 Å². The molecule has 0 aliphatic carbocycles. The third kappa shape index (κ3) is 3.24. The molecule has 0 spiro atoms. The Balaban J connectivity index is 1.76. The summed E-state index contributed by atoms with van der Waals surface area (Å²) in [6, 6.07) is 8.77. The fourth-order valence-corrected chi connectivity index (χ4v) is 3.53. The number of rotatable bonds is 4. The molecule has 3 aromatic heterocycles. The van der Waals surface area contributed by atoms with E-state index in [-0.39, 0.29) is 27.4 Å². The SMILES string of the molecule is Cn1c(=O)c2c(nc(N/N=C/c3c(O)n(-c4ccccc4)c(=S)[nH]c3=O)n2C)n(C)c1=O. The number of aromatic nitrogens is 6. The minimum atomic E-state index is -0.633. The van der Waals surface area contributed by atoms with Crippen LogP contribution in [0.1, 0.15) is 5.56 Å². The molecule has 1 aromatic carbocycles. The van der Waals surface area contributed by atoms with Gasteiger partial charge >= 0.3 is 5.69 Å². The molecule has 3 heterocycles. The van der Waals surface area contributed by atoms with E-state index < -0.39 is 22.7 Å². The molecule has 3 N–H and O–H groups in total. The number of benzene rings is 1. The number of aromatic amines is 1. The van der Waals surface area contributed by atoms with Gasteiger partial charge in [-0.2, -0.15) is 10.1 Å². The van der Waals surface area contributed by atoms with Gasteiger partial charge in [0.25, 0.3) is 11.1 Å². The topological polar surface area (TPSA) is 144 Å². The summed E-state index contributed by atoms with van der Waals surface area (Å²) in [6.45, 7) is 0. The van der Waals surface area contributed by atoms with Gasteiger partial charge in [-0.15, -0.1) is 0 Å². The van der Waals surface area contributed by atoms with E-state index >= 15 is 0 Å². The van der Waals surface area contributed by atoms with E-state index in [2.05, 4.69) is 20.5 Å². The first-order valence-electron chi connectivity index (χ1n) is 9.27. The van der Waals surface area contributed by atoms with Gasteiger partial charge in [0.1, 0.15) is 5.56 Å². The third-order valence-electron chi connectivity index (χ3n) is 4.97. The van der Waals surface area contributed by atoms with Crippen molar-refractivity contribution in [3.05, 3.63) is 71.9 Å². The van der Waals surface area contributed by atoms with Crippen molar-refractivity contribution in [3.63, 3.8) is 0 Å². The number of nitrogens with zero attached hydrogens (tertiary/aromatic N) is 6. The first-order valence-corrected chi connectivity index (χ1v) is 9.68. The second-order valence-electron chi connectivity index (χ2n) is 6.91. The first-order chi connectivity index (χ1) is 15.2. The molecule has 4 rings (SSSR count). The number of aryl methyl sites for hydroxylation is 2. The number of para-hydroxylation sites is 1. The molecule has 0 amide bonds. The second kappa shape index (κ2) is 7.77. The van der Waals surface area contributed by atoms with Crippen LogP contribution >= 0.6 is 12.2 Å². The lowest BCUT2D eigenvalue weighted by molar-refractivity contribution is 0.432. The highest BCUT2D eigenvalue weighted by molar-refractivity contribution is 7.71. The zero-order valence-electron chi connectivity index (χ0n) is 17.2. The molecule has 0 saturated carbocycles. The Bertz CT molecular complexity index is 1620. The summed E-state index contributed by atoms with van der Waals surface area (Å²) in [5.41, 5.74) is 1.77. The highest BCUT2D eigenvalue weighted by Crippen LogP contribution is 2.18. The second-order valence-corrected chi connectivity index (χ2v) is 7.30. The summed E-state index contributed by atoms with van der Waals surface area (Å²) < 4.78 is 4.98. The van der Waals surface area contributed by atoms with Crippen LogP contribution in [0.5, 0.6) is 5.88 Å². The summed E-state index contributed by atoms with van der Waals surface area (Å²) in [6.07, 6.45) is 1.11. The van der Waals surface area contributed by atoms with E-state index in [1.165, 1.54) is 27.8 Å². The van der Waals surface area contributed by atoms with Gasteiger partial charge in [0.2, 0.25) is 11.8 Å².